The Morgan fingerprint density at radius 2 is 2.20 bits per heavy atom. The van der Waals surface area contributed by atoms with Crippen LogP contribution >= 0.6 is 0 Å². The second-order valence-corrected chi connectivity index (χ2v) is 5.45. The summed E-state index contributed by atoms with van der Waals surface area (Å²) >= 11 is 0. The third-order valence-electron chi connectivity index (χ3n) is 4.00. The highest BCUT2D eigenvalue weighted by Gasteiger charge is 2.26. The monoisotopic (exact) mass is 270 g/mol. The lowest BCUT2D eigenvalue weighted by atomic mass is 9.85. The molecule has 1 saturated carbocycles. The maximum Gasteiger partial charge on any atom is 0.306 e. The number of nitrogens with zero attached hydrogens (tertiary/aromatic N) is 1. The van der Waals surface area contributed by atoms with Crippen molar-refractivity contribution in [2.45, 2.75) is 31.7 Å². The quantitative estimate of drug-likeness (QED) is 0.898. The van der Waals surface area contributed by atoms with Gasteiger partial charge in [-0.15, -0.1) is 0 Å². The summed E-state index contributed by atoms with van der Waals surface area (Å²) in [5, 5.41) is 13.7. The van der Waals surface area contributed by atoms with Gasteiger partial charge in [0.25, 0.3) is 0 Å². The largest absolute Gasteiger partial charge is 0.481 e. The number of anilines is 1. The van der Waals surface area contributed by atoms with Crippen LogP contribution in [0.25, 0.3) is 10.9 Å². The average Bonchev–Trinajstić information content (AvgIpc) is 2.47. The number of pyridine rings is 1. The minimum Gasteiger partial charge on any atom is -0.481 e. The molecule has 2 unspecified atom stereocenters. The number of aliphatic carboxylic acids is 1. The van der Waals surface area contributed by atoms with E-state index < -0.39 is 5.97 Å². The van der Waals surface area contributed by atoms with E-state index in [-0.39, 0.29) is 12.0 Å². The molecule has 0 saturated heterocycles. The number of carbonyl (C=O) groups is 1. The van der Waals surface area contributed by atoms with Crippen LogP contribution in [0.1, 0.15) is 25.7 Å². The van der Waals surface area contributed by atoms with Gasteiger partial charge in [-0.05, 0) is 43.5 Å². The van der Waals surface area contributed by atoms with Gasteiger partial charge in [-0.1, -0.05) is 12.5 Å². The summed E-state index contributed by atoms with van der Waals surface area (Å²) in [6.45, 7) is 0. The first-order chi connectivity index (χ1) is 9.72. The molecule has 0 spiro atoms. The summed E-state index contributed by atoms with van der Waals surface area (Å²) in [5.41, 5.74) is 2.02. The second kappa shape index (κ2) is 5.49. The first-order valence-corrected chi connectivity index (χ1v) is 7.06. The molecule has 0 aliphatic heterocycles. The second-order valence-electron chi connectivity index (χ2n) is 5.45. The van der Waals surface area contributed by atoms with Gasteiger partial charge in [-0.3, -0.25) is 9.78 Å². The zero-order valence-electron chi connectivity index (χ0n) is 11.2. The van der Waals surface area contributed by atoms with Crippen molar-refractivity contribution in [2.24, 2.45) is 5.92 Å². The van der Waals surface area contributed by atoms with Crippen LogP contribution in [0.5, 0.6) is 0 Å². The fourth-order valence-corrected chi connectivity index (χ4v) is 2.95. The lowest BCUT2D eigenvalue weighted by molar-refractivity contribution is -0.142. The van der Waals surface area contributed by atoms with Crippen molar-refractivity contribution >= 4 is 22.6 Å². The summed E-state index contributed by atoms with van der Waals surface area (Å²) in [4.78, 5) is 15.4. The molecule has 2 atom stereocenters. The van der Waals surface area contributed by atoms with Gasteiger partial charge < -0.3 is 10.4 Å². The molecule has 1 aromatic carbocycles. The van der Waals surface area contributed by atoms with Gasteiger partial charge in [-0.2, -0.15) is 0 Å². The molecule has 4 nitrogen and oxygen atoms in total. The van der Waals surface area contributed by atoms with E-state index in [1.807, 2.05) is 24.3 Å². The Morgan fingerprint density at radius 3 is 3.05 bits per heavy atom. The van der Waals surface area contributed by atoms with Crippen molar-refractivity contribution < 1.29 is 9.90 Å². The molecule has 1 aliphatic carbocycles. The lowest BCUT2D eigenvalue weighted by Crippen LogP contribution is -2.30. The number of aromatic nitrogens is 1. The summed E-state index contributed by atoms with van der Waals surface area (Å²) in [6.07, 6.45) is 5.31. The van der Waals surface area contributed by atoms with E-state index >= 15 is 0 Å². The van der Waals surface area contributed by atoms with Crippen molar-refractivity contribution in [3.63, 3.8) is 0 Å². The molecular weight excluding hydrogens is 252 g/mol. The number of nitrogens with one attached hydrogen (secondary N) is 1. The van der Waals surface area contributed by atoms with Gasteiger partial charge in [0, 0.05) is 23.3 Å². The molecule has 4 heteroatoms. The Labute approximate surface area is 117 Å². The Kier molecular flexibility index (Phi) is 3.54. The molecule has 0 amide bonds. The summed E-state index contributed by atoms with van der Waals surface area (Å²) in [5.74, 6) is -0.873. The van der Waals surface area contributed by atoms with Crippen LogP contribution in [-0.4, -0.2) is 22.1 Å². The Balaban J connectivity index is 1.74. The molecule has 2 aromatic rings. The van der Waals surface area contributed by atoms with E-state index in [4.69, 9.17) is 5.11 Å². The topological polar surface area (TPSA) is 62.2 Å². The van der Waals surface area contributed by atoms with Crippen LogP contribution in [0.15, 0.2) is 36.5 Å². The molecule has 20 heavy (non-hydrogen) atoms. The number of benzene rings is 1. The van der Waals surface area contributed by atoms with Gasteiger partial charge in [-0.25, -0.2) is 0 Å². The van der Waals surface area contributed by atoms with Crippen molar-refractivity contribution in [2.75, 3.05) is 5.32 Å². The van der Waals surface area contributed by atoms with Crippen LogP contribution in [-0.2, 0) is 4.79 Å². The third kappa shape index (κ3) is 2.74. The van der Waals surface area contributed by atoms with Crippen molar-refractivity contribution in [1.82, 2.24) is 4.98 Å². The van der Waals surface area contributed by atoms with Crippen LogP contribution in [0, 0.1) is 5.92 Å². The van der Waals surface area contributed by atoms with E-state index in [1.165, 1.54) is 0 Å². The fraction of sp³-hybridized carbons (Fsp3) is 0.375. The molecule has 104 valence electrons. The molecule has 1 fully saturated rings. The normalized spacial score (nSPS) is 22.6. The molecule has 0 bridgehead atoms. The Hall–Kier alpha value is -2.10. The molecule has 0 radical (unpaired) electrons. The summed E-state index contributed by atoms with van der Waals surface area (Å²) in [6, 6.07) is 10.3. The summed E-state index contributed by atoms with van der Waals surface area (Å²) < 4.78 is 0. The first-order valence-electron chi connectivity index (χ1n) is 7.06. The van der Waals surface area contributed by atoms with Crippen LogP contribution in [0.3, 0.4) is 0 Å². The average molecular weight is 270 g/mol. The number of rotatable bonds is 3. The van der Waals surface area contributed by atoms with Crippen molar-refractivity contribution in [1.29, 1.82) is 0 Å². The molecule has 1 heterocycles. The predicted octanol–water partition coefficient (Wildman–Crippen LogP) is 3.29. The van der Waals surface area contributed by atoms with Gasteiger partial charge in [0.2, 0.25) is 0 Å². The Morgan fingerprint density at radius 1 is 1.30 bits per heavy atom. The van der Waals surface area contributed by atoms with Crippen LogP contribution in [0.2, 0.25) is 0 Å². The number of hydrogen-bond acceptors (Lipinski definition) is 3. The SMILES string of the molecule is O=C(O)C1CCCC(Nc2ccc3ncccc3c2)C1. The van der Waals surface area contributed by atoms with Gasteiger partial charge >= 0.3 is 5.97 Å². The number of fused-ring (bicyclic) bond motifs is 1. The minimum absolute atomic E-state index is 0.205. The van der Waals surface area contributed by atoms with E-state index in [0.29, 0.717) is 6.42 Å². The Bertz CT molecular complexity index is 627. The molecule has 2 N–H and O–H groups in total. The van der Waals surface area contributed by atoms with E-state index in [0.717, 1.165) is 35.9 Å². The third-order valence-corrected chi connectivity index (χ3v) is 4.00. The van der Waals surface area contributed by atoms with Crippen LogP contribution in [0.4, 0.5) is 5.69 Å². The minimum atomic E-state index is -0.667. The van der Waals surface area contributed by atoms with E-state index in [1.54, 1.807) is 6.20 Å². The summed E-state index contributed by atoms with van der Waals surface area (Å²) in [7, 11) is 0. The maximum absolute atomic E-state index is 11.1. The lowest BCUT2D eigenvalue weighted by Gasteiger charge is -2.28. The number of carboxylic acids is 1. The first kappa shape index (κ1) is 12.9. The fourth-order valence-electron chi connectivity index (χ4n) is 2.95. The van der Waals surface area contributed by atoms with Crippen molar-refractivity contribution in [3.05, 3.63) is 36.5 Å². The smallest absolute Gasteiger partial charge is 0.306 e. The number of carboxylic acid groups (broad SMARTS) is 1. The highest BCUT2D eigenvalue weighted by Crippen LogP contribution is 2.27. The highest BCUT2D eigenvalue weighted by atomic mass is 16.4. The van der Waals surface area contributed by atoms with E-state index in [2.05, 4.69) is 16.4 Å². The molecule has 1 aliphatic rings. The van der Waals surface area contributed by atoms with Gasteiger partial charge in [0.1, 0.15) is 0 Å². The molecule has 3 rings (SSSR count). The van der Waals surface area contributed by atoms with Gasteiger partial charge in [0.05, 0.1) is 11.4 Å². The van der Waals surface area contributed by atoms with E-state index in [9.17, 15) is 4.79 Å². The zero-order chi connectivity index (χ0) is 13.9. The zero-order valence-corrected chi connectivity index (χ0v) is 11.2. The van der Waals surface area contributed by atoms with Gasteiger partial charge in [0.15, 0.2) is 0 Å². The van der Waals surface area contributed by atoms with Crippen LogP contribution < -0.4 is 5.32 Å². The predicted molar refractivity (Wildman–Crippen MR) is 78.7 cm³/mol. The molecule has 1 aromatic heterocycles. The highest BCUT2D eigenvalue weighted by molar-refractivity contribution is 5.82. The number of hydrogen-bond donors (Lipinski definition) is 2. The standard InChI is InChI=1S/C16H18N2O2/c19-16(20)12-3-1-5-13(10-12)18-14-6-7-15-11(9-14)4-2-8-17-15/h2,4,6-9,12-13,18H,1,3,5,10H2,(H,19,20). The maximum atomic E-state index is 11.1. The van der Waals surface area contributed by atoms with Crippen molar-refractivity contribution in [3.8, 4) is 0 Å². The molecular formula is C16H18N2O2.